The van der Waals surface area contributed by atoms with Gasteiger partial charge in [0.2, 0.25) is 5.91 Å². The Morgan fingerprint density at radius 3 is 2.60 bits per heavy atom. The van der Waals surface area contributed by atoms with Gasteiger partial charge in [0.25, 0.3) is 5.56 Å². The molecule has 2 aromatic carbocycles. The van der Waals surface area contributed by atoms with Gasteiger partial charge in [0.05, 0.1) is 23.5 Å². The number of para-hydroxylation sites is 1. The Kier molecular flexibility index (Phi) is 5.74. The van der Waals surface area contributed by atoms with Crippen molar-refractivity contribution < 1.29 is 4.79 Å². The highest BCUT2D eigenvalue weighted by molar-refractivity contribution is 7.10. The minimum absolute atomic E-state index is 0.0593. The van der Waals surface area contributed by atoms with Gasteiger partial charge in [-0.25, -0.2) is 4.98 Å². The molecule has 1 amide bonds. The highest BCUT2D eigenvalue weighted by Gasteiger charge is 2.18. The summed E-state index contributed by atoms with van der Waals surface area (Å²) in [5, 5.41) is 6.02. The lowest BCUT2D eigenvalue weighted by Gasteiger charge is -2.20. The Labute approximate surface area is 178 Å². The number of nitrogens with one attached hydrogen (secondary N) is 1. The maximum Gasteiger partial charge on any atom is 0.261 e. The van der Waals surface area contributed by atoms with Gasteiger partial charge in [-0.15, -0.1) is 11.3 Å². The second kappa shape index (κ2) is 8.61. The van der Waals surface area contributed by atoms with Gasteiger partial charge < -0.3 is 5.73 Å². The van der Waals surface area contributed by atoms with Gasteiger partial charge in [-0.2, -0.15) is 0 Å². The fraction of sp³-hybridized carbons (Fsp3) is 0.174. The molecule has 30 heavy (non-hydrogen) atoms. The number of aromatic nitrogens is 2. The predicted molar refractivity (Wildman–Crippen MR) is 119 cm³/mol. The highest BCUT2D eigenvalue weighted by atomic mass is 32.1. The van der Waals surface area contributed by atoms with E-state index in [2.05, 4.69) is 47.6 Å². The summed E-state index contributed by atoms with van der Waals surface area (Å²) in [4.78, 5) is 30.4. The molecule has 0 radical (unpaired) electrons. The third kappa shape index (κ3) is 4.17. The molecule has 4 aromatic rings. The highest BCUT2D eigenvalue weighted by Crippen LogP contribution is 2.26. The van der Waals surface area contributed by atoms with Crippen LogP contribution >= 0.6 is 11.3 Å². The summed E-state index contributed by atoms with van der Waals surface area (Å²) in [5.74, 6) is -0.102. The molecular formula is C23H22N4O2S. The molecule has 3 N–H and O–H groups in total. The van der Waals surface area contributed by atoms with E-state index in [0.29, 0.717) is 23.3 Å². The summed E-state index contributed by atoms with van der Waals surface area (Å²) < 4.78 is 1.36. The van der Waals surface area contributed by atoms with Crippen molar-refractivity contribution in [3.63, 3.8) is 0 Å². The number of amides is 1. The van der Waals surface area contributed by atoms with Gasteiger partial charge in [0.15, 0.2) is 0 Å². The molecule has 152 valence electrons. The molecule has 2 heterocycles. The number of primary amides is 1. The average Bonchev–Trinajstić information content (AvgIpc) is 3.26. The normalized spacial score (nSPS) is 12.2. The molecule has 0 spiro atoms. The largest absolute Gasteiger partial charge is 0.368 e. The van der Waals surface area contributed by atoms with Gasteiger partial charge in [0.1, 0.15) is 12.4 Å². The van der Waals surface area contributed by atoms with Crippen LogP contribution in [0.5, 0.6) is 0 Å². The first-order valence-electron chi connectivity index (χ1n) is 9.63. The molecule has 0 aliphatic carbocycles. The number of hydrogen-bond donors (Lipinski definition) is 2. The molecule has 0 bridgehead atoms. The minimum atomic E-state index is -0.580. The standard InChI is InChI=1S/C23H22N4O2S/c1-15-8-10-16(11-9-15)22(19-7-4-12-30-19)25-13-21-26-18-6-3-2-5-17(18)23(29)27(21)14-20(24)28/h2-12,22,25H,13-14H2,1H3,(H2,24,28)/t22-/m0/s1. The van der Waals surface area contributed by atoms with Gasteiger partial charge in [-0.1, -0.05) is 48.0 Å². The molecular weight excluding hydrogens is 396 g/mol. The molecule has 0 aliphatic heterocycles. The van der Waals surface area contributed by atoms with Crippen LogP contribution in [-0.4, -0.2) is 15.5 Å². The van der Waals surface area contributed by atoms with Crippen LogP contribution < -0.4 is 16.6 Å². The SMILES string of the molecule is Cc1ccc([C@H](NCc2nc3ccccc3c(=O)n2CC(N)=O)c2cccs2)cc1. The third-order valence-corrected chi connectivity index (χ3v) is 5.89. The smallest absolute Gasteiger partial charge is 0.261 e. The number of nitrogens with two attached hydrogens (primary N) is 1. The molecule has 0 aliphatic rings. The van der Waals surface area contributed by atoms with Crippen molar-refractivity contribution in [2.45, 2.75) is 26.1 Å². The number of carbonyl (C=O) groups excluding carboxylic acids is 1. The number of hydrogen-bond acceptors (Lipinski definition) is 5. The van der Waals surface area contributed by atoms with Gasteiger partial charge in [-0.05, 0) is 36.1 Å². The number of thiophene rings is 1. The first kappa shape index (κ1) is 20.0. The molecule has 2 aromatic heterocycles. The van der Waals surface area contributed by atoms with Crippen LogP contribution in [0.1, 0.15) is 27.9 Å². The Morgan fingerprint density at radius 1 is 1.13 bits per heavy atom. The van der Waals surface area contributed by atoms with E-state index in [1.54, 1.807) is 29.5 Å². The molecule has 7 heteroatoms. The molecule has 0 unspecified atom stereocenters. The summed E-state index contributed by atoms with van der Waals surface area (Å²) >= 11 is 1.66. The lowest BCUT2D eigenvalue weighted by Crippen LogP contribution is -2.34. The summed E-state index contributed by atoms with van der Waals surface area (Å²) in [6.07, 6.45) is 0. The van der Waals surface area contributed by atoms with E-state index in [0.717, 1.165) is 10.4 Å². The van der Waals surface area contributed by atoms with Crippen LogP contribution in [0, 0.1) is 6.92 Å². The van der Waals surface area contributed by atoms with E-state index in [1.807, 2.05) is 17.5 Å². The van der Waals surface area contributed by atoms with Gasteiger partial charge in [0, 0.05) is 4.88 Å². The zero-order chi connectivity index (χ0) is 21.1. The van der Waals surface area contributed by atoms with E-state index < -0.39 is 5.91 Å². The number of nitrogens with zero attached hydrogens (tertiary/aromatic N) is 2. The average molecular weight is 419 g/mol. The Hall–Kier alpha value is -3.29. The topological polar surface area (TPSA) is 90.0 Å². The van der Waals surface area contributed by atoms with E-state index in [4.69, 9.17) is 5.73 Å². The van der Waals surface area contributed by atoms with Crippen molar-refractivity contribution in [2.24, 2.45) is 5.73 Å². The van der Waals surface area contributed by atoms with Gasteiger partial charge in [-0.3, -0.25) is 19.5 Å². The van der Waals surface area contributed by atoms with Crippen LogP contribution in [0.2, 0.25) is 0 Å². The van der Waals surface area contributed by atoms with Crippen molar-refractivity contribution in [3.05, 3.63) is 98.2 Å². The molecule has 0 fully saturated rings. The fourth-order valence-corrected chi connectivity index (χ4v) is 4.29. The van der Waals surface area contributed by atoms with Crippen LogP contribution in [0.4, 0.5) is 0 Å². The van der Waals surface area contributed by atoms with Crippen molar-refractivity contribution in [3.8, 4) is 0 Å². The van der Waals surface area contributed by atoms with E-state index in [-0.39, 0.29) is 18.1 Å². The first-order chi connectivity index (χ1) is 14.5. The summed E-state index contributed by atoms with van der Waals surface area (Å²) in [5.41, 5.74) is 8.04. The Morgan fingerprint density at radius 2 is 1.90 bits per heavy atom. The Balaban J connectivity index is 1.72. The number of aryl methyl sites for hydroxylation is 1. The Bertz CT molecular complexity index is 1230. The van der Waals surface area contributed by atoms with E-state index in [1.165, 1.54) is 10.1 Å². The van der Waals surface area contributed by atoms with Crippen LogP contribution in [0.25, 0.3) is 10.9 Å². The van der Waals surface area contributed by atoms with Crippen LogP contribution in [-0.2, 0) is 17.9 Å². The van der Waals surface area contributed by atoms with Crippen molar-refractivity contribution in [1.82, 2.24) is 14.9 Å². The maximum absolute atomic E-state index is 13.0. The summed E-state index contributed by atoms with van der Waals surface area (Å²) in [7, 11) is 0. The zero-order valence-corrected chi connectivity index (χ0v) is 17.4. The molecule has 0 saturated heterocycles. The molecule has 0 saturated carbocycles. The van der Waals surface area contributed by atoms with Gasteiger partial charge >= 0.3 is 0 Å². The molecule has 6 nitrogen and oxygen atoms in total. The molecule has 4 rings (SSSR count). The number of carbonyl (C=O) groups is 1. The van der Waals surface area contributed by atoms with Crippen LogP contribution in [0.15, 0.2) is 70.8 Å². The van der Waals surface area contributed by atoms with Crippen molar-refractivity contribution in [2.75, 3.05) is 0 Å². The molecule has 1 atom stereocenters. The summed E-state index contributed by atoms with van der Waals surface area (Å²) in [6.45, 7) is 2.16. The van der Waals surface area contributed by atoms with Crippen LogP contribution in [0.3, 0.4) is 0 Å². The quantitative estimate of drug-likeness (QED) is 0.482. The fourth-order valence-electron chi connectivity index (χ4n) is 3.46. The predicted octanol–water partition coefficient (Wildman–Crippen LogP) is 3.13. The second-order valence-corrected chi connectivity index (χ2v) is 8.12. The second-order valence-electron chi connectivity index (χ2n) is 7.14. The monoisotopic (exact) mass is 418 g/mol. The lowest BCUT2D eigenvalue weighted by molar-refractivity contribution is -0.118. The van der Waals surface area contributed by atoms with E-state index >= 15 is 0 Å². The maximum atomic E-state index is 13.0. The summed E-state index contributed by atoms with van der Waals surface area (Å²) in [6, 6.07) is 19.5. The first-order valence-corrected chi connectivity index (χ1v) is 10.5. The zero-order valence-electron chi connectivity index (χ0n) is 16.5. The number of fused-ring (bicyclic) bond motifs is 1. The van der Waals surface area contributed by atoms with Crippen molar-refractivity contribution >= 4 is 28.1 Å². The number of benzene rings is 2. The number of rotatable bonds is 7. The lowest BCUT2D eigenvalue weighted by atomic mass is 10.0. The third-order valence-electron chi connectivity index (χ3n) is 4.96. The van der Waals surface area contributed by atoms with Crippen molar-refractivity contribution in [1.29, 1.82) is 0 Å². The minimum Gasteiger partial charge on any atom is -0.368 e. The van der Waals surface area contributed by atoms with E-state index in [9.17, 15) is 9.59 Å².